The maximum Gasteiger partial charge on any atom is 0.261 e. The van der Waals surface area contributed by atoms with Crippen molar-refractivity contribution in [2.45, 2.75) is 38.8 Å². The molecule has 0 aromatic carbocycles. The number of nitrogens with one attached hydrogen (secondary N) is 2. The van der Waals surface area contributed by atoms with E-state index in [1.807, 2.05) is 19.2 Å². The summed E-state index contributed by atoms with van der Waals surface area (Å²) >= 11 is 1.61. The number of carbonyl (C=O) groups excluding carboxylic acids is 1. The Labute approximate surface area is 152 Å². The normalized spacial score (nSPS) is 17.9. The number of hydrogen-bond acceptors (Lipinski definition) is 5. The van der Waals surface area contributed by atoms with Gasteiger partial charge in [0.1, 0.15) is 5.82 Å². The van der Waals surface area contributed by atoms with Gasteiger partial charge in [0.25, 0.3) is 5.91 Å². The minimum atomic E-state index is 0.0149. The predicted octanol–water partition coefficient (Wildman–Crippen LogP) is 2.88. The van der Waals surface area contributed by atoms with Gasteiger partial charge >= 0.3 is 0 Å². The van der Waals surface area contributed by atoms with Crippen LogP contribution in [0, 0.1) is 6.92 Å². The fourth-order valence-corrected chi connectivity index (χ4v) is 4.36. The number of amides is 1. The first kappa shape index (κ1) is 18.1. The van der Waals surface area contributed by atoms with E-state index >= 15 is 0 Å². The van der Waals surface area contributed by atoms with Crippen LogP contribution < -0.4 is 5.32 Å². The molecule has 1 amide bonds. The van der Waals surface area contributed by atoms with Crippen molar-refractivity contribution in [3.8, 4) is 0 Å². The van der Waals surface area contributed by atoms with E-state index in [1.54, 1.807) is 18.4 Å². The molecule has 1 saturated heterocycles. The van der Waals surface area contributed by atoms with Crippen molar-refractivity contribution in [2.75, 3.05) is 26.8 Å². The largest absolute Gasteiger partial charge is 0.385 e. The predicted molar refractivity (Wildman–Crippen MR) is 98.9 cm³/mol. The number of likely N-dealkylation sites (tertiary alicyclic amines) is 1. The Kier molecular flexibility index (Phi) is 6.23. The van der Waals surface area contributed by atoms with Crippen molar-refractivity contribution in [1.29, 1.82) is 0 Å². The van der Waals surface area contributed by atoms with Gasteiger partial charge in [-0.2, -0.15) is 0 Å². The number of thiophene rings is 1. The number of imidazole rings is 1. The van der Waals surface area contributed by atoms with E-state index in [1.165, 1.54) is 11.3 Å². The fourth-order valence-electron chi connectivity index (χ4n) is 3.27. The molecule has 0 bridgehead atoms. The van der Waals surface area contributed by atoms with Gasteiger partial charge in [0, 0.05) is 49.6 Å². The molecular weight excluding hydrogens is 336 g/mol. The number of ether oxygens (including phenoxy) is 1. The van der Waals surface area contributed by atoms with E-state index in [2.05, 4.69) is 26.3 Å². The number of nitrogens with zero attached hydrogens (tertiary/aromatic N) is 2. The lowest BCUT2D eigenvalue weighted by Crippen LogP contribution is -2.24. The Balaban J connectivity index is 1.59. The standard InChI is InChI=1S/C18H26N4O2S/c1-13-20-11-14(21-13)12-22-9-3-5-15(22)16-6-7-17(25-16)18(23)19-8-4-10-24-2/h6-7,11,15H,3-5,8-10,12H2,1-2H3,(H,19,23)(H,20,21). The molecule has 1 fully saturated rings. The van der Waals surface area contributed by atoms with Crippen LogP contribution in [0.4, 0.5) is 0 Å². The molecule has 0 saturated carbocycles. The molecule has 136 valence electrons. The Bertz CT molecular complexity index is 697. The number of aryl methyl sites for hydroxylation is 1. The Hall–Kier alpha value is -1.70. The summed E-state index contributed by atoms with van der Waals surface area (Å²) in [6, 6.07) is 4.45. The average molecular weight is 362 g/mol. The molecular formula is C18H26N4O2S. The highest BCUT2D eigenvalue weighted by Gasteiger charge is 2.28. The highest BCUT2D eigenvalue weighted by atomic mass is 32.1. The molecule has 1 atom stereocenters. The number of hydrogen-bond donors (Lipinski definition) is 2. The van der Waals surface area contributed by atoms with Gasteiger partial charge in [-0.25, -0.2) is 4.98 Å². The topological polar surface area (TPSA) is 70.2 Å². The van der Waals surface area contributed by atoms with E-state index < -0.39 is 0 Å². The zero-order chi connectivity index (χ0) is 17.6. The molecule has 1 unspecified atom stereocenters. The summed E-state index contributed by atoms with van der Waals surface area (Å²) in [4.78, 5) is 24.4. The fraction of sp³-hybridized carbons (Fsp3) is 0.556. The summed E-state index contributed by atoms with van der Waals surface area (Å²) in [5, 5.41) is 2.96. The Morgan fingerprint density at radius 1 is 1.52 bits per heavy atom. The number of methoxy groups -OCH3 is 1. The van der Waals surface area contributed by atoms with Crippen LogP contribution in [0.2, 0.25) is 0 Å². The first-order valence-corrected chi connectivity index (χ1v) is 9.60. The summed E-state index contributed by atoms with van der Waals surface area (Å²) in [7, 11) is 1.67. The van der Waals surface area contributed by atoms with Crippen LogP contribution in [0.25, 0.3) is 0 Å². The SMILES string of the molecule is COCCCNC(=O)c1ccc(C2CCCN2Cc2cnc(C)[nH]2)s1. The van der Waals surface area contributed by atoms with Gasteiger partial charge in [-0.3, -0.25) is 9.69 Å². The summed E-state index contributed by atoms with van der Waals surface area (Å²) in [5.74, 6) is 0.968. The molecule has 1 aliphatic heterocycles. The molecule has 0 radical (unpaired) electrons. The third kappa shape index (κ3) is 4.68. The van der Waals surface area contributed by atoms with Crippen LogP contribution in [0.1, 0.15) is 51.4 Å². The number of aromatic nitrogens is 2. The summed E-state index contributed by atoms with van der Waals surface area (Å²) in [5.41, 5.74) is 1.15. The van der Waals surface area contributed by atoms with Crippen molar-refractivity contribution in [3.63, 3.8) is 0 Å². The number of H-pyrrole nitrogens is 1. The lowest BCUT2D eigenvalue weighted by molar-refractivity contribution is 0.0952. The highest BCUT2D eigenvalue weighted by Crippen LogP contribution is 2.36. The molecule has 2 aromatic heterocycles. The van der Waals surface area contributed by atoms with E-state index in [0.717, 1.165) is 42.3 Å². The molecule has 2 N–H and O–H groups in total. The van der Waals surface area contributed by atoms with Crippen molar-refractivity contribution in [3.05, 3.63) is 39.6 Å². The molecule has 0 spiro atoms. The van der Waals surface area contributed by atoms with Crippen molar-refractivity contribution in [2.24, 2.45) is 0 Å². The molecule has 3 rings (SSSR count). The van der Waals surface area contributed by atoms with Crippen LogP contribution in [-0.2, 0) is 11.3 Å². The molecule has 1 aliphatic rings. The molecule has 2 aromatic rings. The number of aromatic amines is 1. The van der Waals surface area contributed by atoms with Crippen LogP contribution in [0.15, 0.2) is 18.3 Å². The van der Waals surface area contributed by atoms with E-state index in [0.29, 0.717) is 19.2 Å². The van der Waals surface area contributed by atoms with Gasteiger partial charge < -0.3 is 15.0 Å². The second-order valence-electron chi connectivity index (χ2n) is 6.43. The van der Waals surface area contributed by atoms with Crippen LogP contribution in [0.5, 0.6) is 0 Å². The van der Waals surface area contributed by atoms with Gasteiger partial charge in [0.05, 0.1) is 4.88 Å². The van der Waals surface area contributed by atoms with Crippen LogP contribution in [0.3, 0.4) is 0 Å². The zero-order valence-corrected chi connectivity index (χ0v) is 15.7. The smallest absolute Gasteiger partial charge is 0.261 e. The lowest BCUT2D eigenvalue weighted by Gasteiger charge is -2.22. The highest BCUT2D eigenvalue weighted by molar-refractivity contribution is 7.14. The van der Waals surface area contributed by atoms with Crippen molar-refractivity contribution in [1.82, 2.24) is 20.2 Å². The molecule has 6 nitrogen and oxygen atoms in total. The third-order valence-corrected chi connectivity index (χ3v) is 5.67. The second kappa shape index (κ2) is 8.60. The van der Waals surface area contributed by atoms with E-state index in [-0.39, 0.29) is 5.91 Å². The van der Waals surface area contributed by atoms with Gasteiger partial charge in [-0.05, 0) is 44.9 Å². The molecule has 0 aliphatic carbocycles. The van der Waals surface area contributed by atoms with E-state index in [9.17, 15) is 4.79 Å². The molecule has 3 heterocycles. The van der Waals surface area contributed by atoms with Crippen LogP contribution in [-0.4, -0.2) is 47.6 Å². The summed E-state index contributed by atoms with van der Waals surface area (Å²) in [6.45, 7) is 5.25. The monoisotopic (exact) mass is 362 g/mol. The van der Waals surface area contributed by atoms with Crippen LogP contribution >= 0.6 is 11.3 Å². The lowest BCUT2D eigenvalue weighted by atomic mass is 10.2. The van der Waals surface area contributed by atoms with E-state index in [4.69, 9.17) is 4.74 Å². The second-order valence-corrected chi connectivity index (χ2v) is 7.54. The van der Waals surface area contributed by atoms with Crippen molar-refractivity contribution >= 4 is 17.2 Å². The average Bonchev–Trinajstić information content (AvgIpc) is 3.32. The molecule has 25 heavy (non-hydrogen) atoms. The summed E-state index contributed by atoms with van der Waals surface area (Å²) in [6.07, 6.45) is 5.08. The quantitative estimate of drug-likeness (QED) is 0.709. The zero-order valence-electron chi connectivity index (χ0n) is 14.9. The van der Waals surface area contributed by atoms with Gasteiger partial charge in [-0.1, -0.05) is 0 Å². The first-order valence-electron chi connectivity index (χ1n) is 8.79. The Morgan fingerprint density at radius 3 is 3.16 bits per heavy atom. The van der Waals surface area contributed by atoms with Crippen molar-refractivity contribution < 1.29 is 9.53 Å². The number of carbonyl (C=O) groups is 1. The minimum Gasteiger partial charge on any atom is -0.385 e. The number of rotatable bonds is 8. The molecule has 7 heteroatoms. The summed E-state index contributed by atoms with van der Waals surface area (Å²) < 4.78 is 5.00. The third-order valence-electron chi connectivity index (χ3n) is 4.48. The van der Waals surface area contributed by atoms with Gasteiger partial charge in [0.15, 0.2) is 0 Å². The first-order chi connectivity index (χ1) is 12.2. The van der Waals surface area contributed by atoms with Gasteiger partial charge in [-0.15, -0.1) is 11.3 Å². The maximum atomic E-state index is 12.2. The Morgan fingerprint density at radius 2 is 2.40 bits per heavy atom. The minimum absolute atomic E-state index is 0.0149. The maximum absolute atomic E-state index is 12.2. The van der Waals surface area contributed by atoms with Gasteiger partial charge in [0.2, 0.25) is 0 Å².